The minimum absolute atomic E-state index is 0.333. The van der Waals surface area contributed by atoms with Crippen molar-refractivity contribution >= 4 is 11.3 Å². The molecule has 3 nitrogen and oxygen atoms in total. The van der Waals surface area contributed by atoms with Crippen LogP contribution in [0.3, 0.4) is 0 Å². The lowest BCUT2D eigenvalue weighted by Crippen LogP contribution is -2.34. The minimum Gasteiger partial charge on any atom is -0.378 e. The first-order valence-corrected chi connectivity index (χ1v) is 6.94. The number of nitrogens with one attached hydrogen (secondary N) is 1. The SMILES string of the molecule is CC1CCc2nc(C3COCCN3)sc2C1. The van der Waals surface area contributed by atoms with E-state index in [4.69, 9.17) is 9.72 Å². The molecule has 0 aromatic carbocycles. The molecular formula is C12H18N2OS. The summed E-state index contributed by atoms with van der Waals surface area (Å²) in [6, 6.07) is 0.333. The monoisotopic (exact) mass is 238 g/mol. The molecule has 3 rings (SSSR count). The summed E-state index contributed by atoms with van der Waals surface area (Å²) in [5.74, 6) is 0.830. The average Bonchev–Trinajstić information content (AvgIpc) is 2.73. The predicted molar refractivity (Wildman–Crippen MR) is 64.9 cm³/mol. The first-order valence-electron chi connectivity index (χ1n) is 6.12. The highest BCUT2D eigenvalue weighted by molar-refractivity contribution is 7.11. The van der Waals surface area contributed by atoms with Gasteiger partial charge in [0, 0.05) is 11.4 Å². The van der Waals surface area contributed by atoms with Crippen molar-refractivity contribution in [2.75, 3.05) is 19.8 Å². The molecule has 4 heteroatoms. The Morgan fingerprint density at radius 1 is 1.50 bits per heavy atom. The summed E-state index contributed by atoms with van der Waals surface area (Å²) >= 11 is 1.89. The van der Waals surface area contributed by atoms with Gasteiger partial charge in [0.15, 0.2) is 0 Å². The van der Waals surface area contributed by atoms with E-state index in [9.17, 15) is 0 Å². The number of fused-ring (bicyclic) bond motifs is 1. The third-order valence-corrected chi connectivity index (χ3v) is 4.66. The van der Waals surface area contributed by atoms with Gasteiger partial charge < -0.3 is 10.1 Å². The van der Waals surface area contributed by atoms with Crippen molar-refractivity contribution in [3.05, 3.63) is 15.6 Å². The van der Waals surface area contributed by atoms with E-state index in [0.29, 0.717) is 6.04 Å². The third-order valence-electron chi connectivity index (χ3n) is 3.42. The van der Waals surface area contributed by atoms with Crippen LogP contribution < -0.4 is 5.32 Å². The molecule has 1 fully saturated rings. The molecule has 0 radical (unpaired) electrons. The van der Waals surface area contributed by atoms with Crippen LogP contribution in [-0.4, -0.2) is 24.7 Å². The van der Waals surface area contributed by atoms with Crippen molar-refractivity contribution < 1.29 is 4.74 Å². The van der Waals surface area contributed by atoms with E-state index in [0.717, 1.165) is 25.7 Å². The van der Waals surface area contributed by atoms with E-state index in [1.54, 1.807) is 0 Å². The summed E-state index contributed by atoms with van der Waals surface area (Å²) < 4.78 is 5.49. The van der Waals surface area contributed by atoms with Gasteiger partial charge in [-0.05, 0) is 25.2 Å². The maximum atomic E-state index is 5.49. The maximum Gasteiger partial charge on any atom is 0.112 e. The largest absolute Gasteiger partial charge is 0.378 e. The number of thiazole rings is 1. The number of morpholine rings is 1. The zero-order valence-corrected chi connectivity index (χ0v) is 10.5. The van der Waals surface area contributed by atoms with Gasteiger partial charge in [0.25, 0.3) is 0 Å². The van der Waals surface area contributed by atoms with Gasteiger partial charge in [0.2, 0.25) is 0 Å². The van der Waals surface area contributed by atoms with Crippen molar-refractivity contribution in [2.45, 2.75) is 32.2 Å². The molecule has 2 heterocycles. The van der Waals surface area contributed by atoms with Crippen LogP contribution in [-0.2, 0) is 17.6 Å². The fourth-order valence-electron chi connectivity index (χ4n) is 2.43. The number of ether oxygens (including phenoxy) is 1. The van der Waals surface area contributed by atoms with Crippen LogP contribution >= 0.6 is 11.3 Å². The highest BCUT2D eigenvalue weighted by Crippen LogP contribution is 2.32. The third kappa shape index (κ3) is 2.01. The molecule has 0 spiro atoms. The molecule has 16 heavy (non-hydrogen) atoms. The van der Waals surface area contributed by atoms with E-state index >= 15 is 0 Å². The highest BCUT2D eigenvalue weighted by Gasteiger charge is 2.24. The Kier molecular flexibility index (Phi) is 2.96. The van der Waals surface area contributed by atoms with Crippen LogP contribution in [0.4, 0.5) is 0 Å². The first-order chi connectivity index (χ1) is 7.83. The average molecular weight is 238 g/mol. The number of nitrogens with zero attached hydrogens (tertiary/aromatic N) is 1. The van der Waals surface area contributed by atoms with E-state index < -0.39 is 0 Å². The molecule has 1 saturated heterocycles. The minimum atomic E-state index is 0.333. The van der Waals surface area contributed by atoms with Gasteiger partial charge in [-0.15, -0.1) is 11.3 Å². The van der Waals surface area contributed by atoms with Crippen molar-refractivity contribution in [2.24, 2.45) is 5.92 Å². The van der Waals surface area contributed by atoms with Crippen LogP contribution in [0.5, 0.6) is 0 Å². The number of hydrogen-bond donors (Lipinski definition) is 1. The molecule has 1 aliphatic heterocycles. The molecule has 2 aliphatic rings. The molecule has 0 amide bonds. The Hall–Kier alpha value is -0.450. The Labute approximate surface area is 100 Å². The van der Waals surface area contributed by atoms with Crippen molar-refractivity contribution in [1.29, 1.82) is 0 Å². The lowest BCUT2D eigenvalue weighted by Gasteiger charge is -2.21. The van der Waals surface area contributed by atoms with Gasteiger partial charge in [0.05, 0.1) is 24.9 Å². The van der Waals surface area contributed by atoms with Crippen LogP contribution in [0.2, 0.25) is 0 Å². The Balaban J connectivity index is 1.80. The van der Waals surface area contributed by atoms with Crippen LogP contribution in [0.1, 0.15) is 35.0 Å². The summed E-state index contributed by atoms with van der Waals surface area (Å²) in [6.07, 6.45) is 3.69. The topological polar surface area (TPSA) is 34.1 Å². The standard InChI is InChI=1S/C12H18N2OS/c1-8-2-3-9-11(6-8)16-12(14-9)10-7-15-5-4-13-10/h8,10,13H,2-7H2,1H3. The maximum absolute atomic E-state index is 5.49. The second kappa shape index (κ2) is 4.43. The first kappa shape index (κ1) is 10.7. The van der Waals surface area contributed by atoms with E-state index in [-0.39, 0.29) is 0 Å². The quantitative estimate of drug-likeness (QED) is 0.812. The summed E-state index contributed by atoms with van der Waals surface area (Å²) in [7, 11) is 0. The highest BCUT2D eigenvalue weighted by atomic mass is 32.1. The van der Waals surface area contributed by atoms with E-state index in [2.05, 4.69) is 12.2 Å². The molecule has 0 bridgehead atoms. The summed E-state index contributed by atoms with van der Waals surface area (Å²) in [4.78, 5) is 6.30. The predicted octanol–water partition coefficient (Wildman–Crippen LogP) is 1.93. The van der Waals surface area contributed by atoms with Crippen molar-refractivity contribution in [3.63, 3.8) is 0 Å². The molecule has 1 aromatic heterocycles. The molecule has 0 saturated carbocycles. The van der Waals surface area contributed by atoms with Crippen molar-refractivity contribution in [1.82, 2.24) is 10.3 Å². The fourth-order valence-corrected chi connectivity index (χ4v) is 3.77. The summed E-state index contributed by atoms with van der Waals surface area (Å²) in [5.41, 5.74) is 1.35. The van der Waals surface area contributed by atoms with Gasteiger partial charge in [-0.1, -0.05) is 6.92 Å². The molecular weight excluding hydrogens is 220 g/mol. The van der Waals surface area contributed by atoms with Crippen LogP contribution in [0.25, 0.3) is 0 Å². The van der Waals surface area contributed by atoms with Crippen LogP contribution in [0, 0.1) is 5.92 Å². The number of aryl methyl sites for hydroxylation is 1. The van der Waals surface area contributed by atoms with Gasteiger partial charge in [-0.2, -0.15) is 0 Å². The zero-order valence-electron chi connectivity index (χ0n) is 9.66. The second-order valence-electron chi connectivity index (χ2n) is 4.85. The van der Waals surface area contributed by atoms with Crippen molar-refractivity contribution in [3.8, 4) is 0 Å². The summed E-state index contributed by atoms with van der Waals surface area (Å²) in [6.45, 7) is 4.90. The normalized spacial score (nSPS) is 30.1. The number of hydrogen-bond acceptors (Lipinski definition) is 4. The lowest BCUT2D eigenvalue weighted by molar-refractivity contribution is 0.0767. The van der Waals surface area contributed by atoms with E-state index in [1.165, 1.54) is 34.8 Å². The smallest absolute Gasteiger partial charge is 0.112 e. The van der Waals surface area contributed by atoms with Crippen LogP contribution in [0.15, 0.2) is 0 Å². The molecule has 1 aliphatic carbocycles. The Morgan fingerprint density at radius 3 is 3.25 bits per heavy atom. The second-order valence-corrected chi connectivity index (χ2v) is 5.97. The number of rotatable bonds is 1. The molecule has 1 aromatic rings. The summed E-state index contributed by atoms with van der Waals surface area (Å²) in [5, 5.41) is 4.71. The fraction of sp³-hybridized carbons (Fsp3) is 0.750. The molecule has 1 N–H and O–H groups in total. The van der Waals surface area contributed by atoms with Gasteiger partial charge in [0.1, 0.15) is 5.01 Å². The Bertz CT molecular complexity index is 371. The van der Waals surface area contributed by atoms with E-state index in [1.807, 2.05) is 11.3 Å². The zero-order chi connectivity index (χ0) is 11.0. The molecule has 2 unspecified atom stereocenters. The molecule has 2 atom stereocenters. The lowest BCUT2D eigenvalue weighted by atomic mass is 9.93. The number of aromatic nitrogens is 1. The Morgan fingerprint density at radius 2 is 2.44 bits per heavy atom. The molecule has 88 valence electrons. The van der Waals surface area contributed by atoms with Gasteiger partial charge in [-0.3, -0.25) is 0 Å². The van der Waals surface area contributed by atoms with Gasteiger partial charge >= 0.3 is 0 Å². The van der Waals surface area contributed by atoms with Gasteiger partial charge in [-0.25, -0.2) is 4.98 Å².